The molecule has 5 heteroatoms. The van der Waals surface area contributed by atoms with Gasteiger partial charge in [-0.3, -0.25) is 14.2 Å². The van der Waals surface area contributed by atoms with Crippen LogP contribution in [0.3, 0.4) is 0 Å². The summed E-state index contributed by atoms with van der Waals surface area (Å²) in [6.45, 7) is 5.26. The van der Waals surface area contributed by atoms with Gasteiger partial charge in [-0.25, -0.2) is 0 Å². The van der Waals surface area contributed by atoms with Crippen LogP contribution in [0.4, 0.5) is 0 Å². The second kappa shape index (κ2) is 6.05. The summed E-state index contributed by atoms with van der Waals surface area (Å²) in [5, 5.41) is 19.1. The Kier molecular flexibility index (Phi) is 4.35. The Morgan fingerprint density at radius 2 is 1.86 bits per heavy atom. The number of aliphatic carboxylic acids is 1. The molecule has 0 amide bonds. The third-order valence-corrected chi connectivity index (χ3v) is 3.65. The third-order valence-electron chi connectivity index (χ3n) is 3.65. The first-order valence-corrected chi connectivity index (χ1v) is 7.07. The lowest BCUT2D eigenvalue weighted by Crippen LogP contribution is -2.26. The van der Waals surface area contributed by atoms with Crippen molar-refractivity contribution in [3.63, 3.8) is 0 Å². The fourth-order valence-electron chi connectivity index (χ4n) is 2.54. The molecule has 0 atom stereocenters. The number of pyridine rings is 1. The van der Waals surface area contributed by atoms with Crippen molar-refractivity contribution in [3.8, 4) is 16.9 Å². The van der Waals surface area contributed by atoms with Gasteiger partial charge in [0.25, 0.3) is 5.56 Å². The molecule has 2 N–H and O–H groups in total. The zero-order valence-electron chi connectivity index (χ0n) is 12.8. The molecule has 1 aromatic heterocycles. The van der Waals surface area contributed by atoms with E-state index in [9.17, 15) is 14.7 Å². The van der Waals surface area contributed by atoms with Crippen LogP contribution in [0.2, 0.25) is 0 Å². The van der Waals surface area contributed by atoms with Crippen molar-refractivity contribution in [3.05, 3.63) is 51.9 Å². The molecule has 1 heterocycles. The molecule has 22 heavy (non-hydrogen) atoms. The standard InChI is InChI=1S/C17H19NO4/c1-10(2)12-6-4-5-7-13(12)14-8-11(3)18(9-15(19)20)17(22)16(14)21/h4-8,10,21H,9H2,1-3H3,(H,19,20). The lowest BCUT2D eigenvalue weighted by atomic mass is 9.92. The molecule has 0 aliphatic carbocycles. The van der Waals surface area contributed by atoms with Crippen molar-refractivity contribution < 1.29 is 15.0 Å². The van der Waals surface area contributed by atoms with E-state index in [0.29, 0.717) is 11.3 Å². The second-order valence-electron chi connectivity index (χ2n) is 5.57. The van der Waals surface area contributed by atoms with E-state index in [1.165, 1.54) is 0 Å². The number of carbonyl (C=O) groups is 1. The summed E-state index contributed by atoms with van der Waals surface area (Å²) in [5.41, 5.74) is 2.06. The minimum Gasteiger partial charge on any atom is -0.503 e. The van der Waals surface area contributed by atoms with Crippen molar-refractivity contribution in [2.75, 3.05) is 0 Å². The van der Waals surface area contributed by atoms with E-state index in [-0.39, 0.29) is 5.92 Å². The Morgan fingerprint density at radius 3 is 2.45 bits per heavy atom. The van der Waals surface area contributed by atoms with Crippen LogP contribution in [0.25, 0.3) is 11.1 Å². The van der Waals surface area contributed by atoms with Crippen LogP contribution < -0.4 is 5.56 Å². The first-order chi connectivity index (χ1) is 10.3. The predicted octanol–water partition coefficient (Wildman–Crippen LogP) is 2.74. The Hall–Kier alpha value is -2.56. The van der Waals surface area contributed by atoms with Gasteiger partial charge in [0.1, 0.15) is 6.54 Å². The van der Waals surface area contributed by atoms with Crippen LogP contribution in [-0.2, 0) is 11.3 Å². The maximum atomic E-state index is 12.2. The molecule has 0 spiro atoms. The van der Waals surface area contributed by atoms with Crippen molar-refractivity contribution in [1.82, 2.24) is 4.57 Å². The number of nitrogens with zero attached hydrogens (tertiary/aromatic N) is 1. The number of aromatic nitrogens is 1. The number of carboxylic acids is 1. The zero-order chi connectivity index (χ0) is 16.4. The van der Waals surface area contributed by atoms with Crippen LogP contribution in [0, 0.1) is 6.92 Å². The van der Waals surface area contributed by atoms with Gasteiger partial charge in [0.2, 0.25) is 0 Å². The summed E-state index contributed by atoms with van der Waals surface area (Å²) in [6, 6.07) is 9.22. The molecule has 5 nitrogen and oxygen atoms in total. The van der Waals surface area contributed by atoms with Crippen LogP contribution in [0.15, 0.2) is 35.1 Å². The quantitative estimate of drug-likeness (QED) is 0.910. The largest absolute Gasteiger partial charge is 0.503 e. The molecule has 0 aliphatic rings. The van der Waals surface area contributed by atoms with E-state index in [1.54, 1.807) is 13.0 Å². The van der Waals surface area contributed by atoms with E-state index in [0.717, 1.165) is 15.7 Å². The summed E-state index contributed by atoms with van der Waals surface area (Å²) >= 11 is 0. The highest BCUT2D eigenvalue weighted by molar-refractivity contribution is 5.74. The summed E-state index contributed by atoms with van der Waals surface area (Å²) in [5.74, 6) is -1.31. The van der Waals surface area contributed by atoms with Crippen molar-refractivity contribution in [1.29, 1.82) is 0 Å². The summed E-state index contributed by atoms with van der Waals surface area (Å²) < 4.78 is 1.05. The Morgan fingerprint density at radius 1 is 1.23 bits per heavy atom. The molecule has 2 rings (SSSR count). The van der Waals surface area contributed by atoms with E-state index in [2.05, 4.69) is 0 Å². The van der Waals surface area contributed by atoms with Gasteiger partial charge in [-0.15, -0.1) is 0 Å². The highest BCUT2D eigenvalue weighted by Crippen LogP contribution is 2.33. The maximum absolute atomic E-state index is 12.2. The smallest absolute Gasteiger partial charge is 0.323 e. The fraction of sp³-hybridized carbons (Fsp3) is 0.294. The van der Waals surface area contributed by atoms with Gasteiger partial charge in [-0.2, -0.15) is 0 Å². The number of aromatic hydroxyl groups is 1. The normalized spacial score (nSPS) is 10.9. The second-order valence-corrected chi connectivity index (χ2v) is 5.57. The lowest BCUT2D eigenvalue weighted by Gasteiger charge is -2.16. The van der Waals surface area contributed by atoms with Crippen LogP contribution in [0.1, 0.15) is 31.0 Å². The summed E-state index contributed by atoms with van der Waals surface area (Å²) in [7, 11) is 0. The Balaban J connectivity index is 2.69. The zero-order valence-corrected chi connectivity index (χ0v) is 12.8. The molecule has 0 bridgehead atoms. The van der Waals surface area contributed by atoms with Gasteiger partial charge in [0, 0.05) is 11.3 Å². The van der Waals surface area contributed by atoms with Crippen LogP contribution >= 0.6 is 0 Å². The van der Waals surface area contributed by atoms with E-state index in [1.807, 2.05) is 38.1 Å². The highest BCUT2D eigenvalue weighted by Gasteiger charge is 2.17. The molecular weight excluding hydrogens is 282 g/mol. The van der Waals surface area contributed by atoms with Gasteiger partial charge < -0.3 is 10.2 Å². The molecule has 0 fully saturated rings. The first kappa shape index (κ1) is 15.8. The van der Waals surface area contributed by atoms with Gasteiger partial charge >= 0.3 is 5.97 Å². The monoisotopic (exact) mass is 301 g/mol. The van der Waals surface area contributed by atoms with Gasteiger partial charge in [0.05, 0.1) is 0 Å². The Labute approximate surface area is 128 Å². The lowest BCUT2D eigenvalue weighted by molar-refractivity contribution is -0.137. The number of rotatable bonds is 4. The molecule has 0 aliphatic heterocycles. The van der Waals surface area contributed by atoms with Crippen LogP contribution in [-0.4, -0.2) is 20.7 Å². The minimum atomic E-state index is -1.13. The van der Waals surface area contributed by atoms with E-state index >= 15 is 0 Å². The average Bonchev–Trinajstić information content (AvgIpc) is 2.47. The molecule has 0 unspecified atom stereocenters. The third kappa shape index (κ3) is 2.88. The highest BCUT2D eigenvalue weighted by atomic mass is 16.4. The predicted molar refractivity (Wildman–Crippen MR) is 84.3 cm³/mol. The topological polar surface area (TPSA) is 79.5 Å². The molecular formula is C17H19NO4. The van der Waals surface area contributed by atoms with Gasteiger partial charge in [0.15, 0.2) is 5.75 Å². The SMILES string of the molecule is Cc1cc(-c2ccccc2C(C)C)c(O)c(=O)n1CC(=O)O. The van der Waals surface area contributed by atoms with Crippen molar-refractivity contribution in [2.45, 2.75) is 33.2 Å². The number of benzene rings is 1. The molecule has 0 radical (unpaired) electrons. The van der Waals surface area contributed by atoms with E-state index < -0.39 is 23.8 Å². The average molecular weight is 301 g/mol. The molecule has 116 valence electrons. The van der Waals surface area contributed by atoms with Crippen molar-refractivity contribution >= 4 is 5.97 Å². The van der Waals surface area contributed by atoms with Gasteiger partial charge in [-0.1, -0.05) is 38.1 Å². The van der Waals surface area contributed by atoms with Gasteiger partial charge in [-0.05, 0) is 30.0 Å². The minimum absolute atomic E-state index is 0.234. The fourth-order valence-corrected chi connectivity index (χ4v) is 2.54. The van der Waals surface area contributed by atoms with Crippen molar-refractivity contribution in [2.24, 2.45) is 0 Å². The van der Waals surface area contributed by atoms with Crippen LogP contribution in [0.5, 0.6) is 5.75 Å². The molecule has 0 saturated heterocycles. The first-order valence-electron chi connectivity index (χ1n) is 7.07. The number of hydrogen-bond donors (Lipinski definition) is 2. The maximum Gasteiger partial charge on any atom is 0.323 e. The number of carboxylic acid groups (broad SMARTS) is 1. The van der Waals surface area contributed by atoms with E-state index in [4.69, 9.17) is 5.11 Å². The molecule has 1 aromatic carbocycles. The summed E-state index contributed by atoms with van der Waals surface area (Å²) in [4.78, 5) is 23.1. The molecule has 2 aromatic rings. The number of hydrogen-bond acceptors (Lipinski definition) is 3. The number of aryl methyl sites for hydroxylation is 1. The summed E-state index contributed by atoms with van der Waals surface area (Å²) in [6.07, 6.45) is 0. The molecule has 0 saturated carbocycles. The Bertz CT molecular complexity index is 775.